The van der Waals surface area contributed by atoms with E-state index in [0.29, 0.717) is 17.9 Å². The van der Waals surface area contributed by atoms with E-state index >= 15 is 0 Å². The molecule has 1 aromatic carbocycles. The molecule has 0 aliphatic carbocycles. The Labute approximate surface area is 129 Å². The summed E-state index contributed by atoms with van der Waals surface area (Å²) in [7, 11) is 0. The van der Waals surface area contributed by atoms with Gasteiger partial charge in [0.05, 0.1) is 12.8 Å². The molecule has 0 saturated heterocycles. The summed E-state index contributed by atoms with van der Waals surface area (Å²) in [5, 5.41) is 12.6. The Kier molecular flexibility index (Phi) is 5.61. The topological polar surface area (TPSA) is 71.7 Å². The Hall–Kier alpha value is -2.27. The van der Waals surface area contributed by atoms with Crippen LogP contribution in [0.3, 0.4) is 0 Å². The van der Waals surface area contributed by atoms with E-state index in [1.54, 1.807) is 12.1 Å². The molecule has 2 rings (SSSR count). The number of carbonyl (C=O) groups excluding carboxylic acids is 1. The zero-order valence-corrected chi connectivity index (χ0v) is 12.8. The van der Waals surface area contributed by atoms with Crippen LogP contribution in [0.1, 0.15) is 30.8 Å². The minimum Gasteiger partial charge on any atom is -0.481 e. The van der Waals surface area contributed by atoms with Crippen molar-refractivity contribution in [2.24, 2.45) is 0 Å². The van der Waals surface area contributed by atoms with Crippen molar-refractivity contribution in [1.82, 2.24) is 5.32 Å². The van der Waals surface area contributed by atoms with E-state index in [2.05, 4.69) is 5.32 Å². The minimum absolute atomic E-state index is 0.0834. The minimum atomic E-state index is -0.865. The van der Waals surface area contributed by atoms with Crippen molar-refractivity contribution in [2.75, 3.05) is 6.54 Å². The Morgan fingerprint density at radius 2 is 2.18 bits per heavy atom. The van der Waals surface area contributed by atoms with E-state index in [1.807, 2.05) is 38.1 Å². The molecule has 1 aromatic heterocycles. The first kappa shape index (κ1) is 16.1. The molecule has 5 nitrogen and oxygen atoms in total. The number of furan rings is 1. The Bertz CT molecular complexity index is 594. The van der Waals surface area contributed by atoms with Gasteiger partial charge >= 0.3 is 0 Å². The van der Waals surface area contributed by atoms with Crippen LogP contribution in [0.4, 0.5) is 0 Å². The van der Waals surface area contributed by atoms with Crippen LogP contribution in [0, 0.1) is 6.92 Å². The molecule has 22 heavy (non-hydrogen) atoms. The van der Waals surface area contributed by atoms with Gasteiger partial charge in [-0.3, -0.25) is 4.79 Å². The SMILES string of the molecule is CCC(Oc1cccc(C)c1)C(=O)NCC(O)c1ccco1. The second kappa shape index (κ2) is 7.66. The number of aryl methyl sites for hydroxylation is 1. The number of aliphatic hydroxyl groups is 1. The summed E-state index contributed by atoms with van der Waals surface area (Å²) < 4.78 is 10.8. The molecule has 118 valence electrons. The predicted octanol–water partition coefficient (Wildman–Crippen LogP) is 2.60. The largest absolute Gasteiger partial charge is 0.481 e. The summed E-state index contributed by atoms with van der Waals surface area (Å²) in [6.45, 7) is 3.93. The maximum Gasteiger partial charge on any atom is 0.261 e. The fraction of sp³-hybridized carbons (Fsp3) is 0.353. The molecule has 2 unspecified atom stereocenters. The van der Waals surface area contributed by atoms with Crippen LogP contribution in [-0.4, -0.2) is 23.7 Å². The van der Waals surface area contributed by atoms with Gasteiger partial charge in [-0.1, -0.05) is 19.1 Å². The van der Waals surface area contributed by atoms with E-state index in [1.165, 1.54) is 6.26 Å². The molecule has 1 heterocycles. The number of carbonyl (C=O) groups is 1. The Morgan fingerprint density at radius 1 is 1.36 bits per heavy atom. The van der Waals surface area contributed by atoms with Crippen LogP contribution in [0.15, 0.2) is 47.1 Å². The number of nitrogens with one attached hydrogen (secondary N) is 1. The average Bonchev–Trinajstić information content (AvgIpc) is 3.04. The zero-order chi connectivity index (χ0) is 15.9. The first-order valence-electron chi connectivity index (χ1n) is 7.32. The Morgan fingerprint density at radius 3 is 2.82 bits per heavy atom. The number of hydrogen-bond acceptors (Lipinski definition) is 4. The molecule has 5 heteroatoms. The number of benzene rings is 1. The van der Waals surface area contributed by atoms with Crippen molar-refractivity contribution in [3.05, 3.63) is 54.0 Å². The smallest absolute Gasteiger partial charge is 0.261 e. The third-order valence-electron chi connectivity index (χ3n) is 3.27. The van der Waals surface area contributed by atoms with Crippen molar-refractivity contribution < 1.29 is 19.1 Å². The zero-order valence-electron chi connectivity index (χ0n) is 12.8. The number of amides is 1. The second-order valence-corrected chi connectivity index (χ2v) is 5.11. The van der Waals surface area contributed by atoms with Gasteiger partial charge in [-0.15, -0.1) is 0 Å². The standard InChI is InChI=1S/C17H21NO4/c1-3-15(22-13-7-4-6-12(2)10-13)17(20)18-11-14(19)16-8-5-9-21-16/h4-10,14-15,19H,3,11H2,1-2H3,(H,18,20). The van der Waals surface area contributed by atoms with Gasteiger partial charge in [-0.05, 0) is 43.2 Å². The van der Waals surface area contributed by atoms with Crippen molar-refractivity contribution >= 4 is 5.91 Å². The van der Waals surface area contributed by atoms with E-state index in [9.17, 15) is 9.90 Å². The molecule has 2 N–H and O–H groups in total. The molecule has 0 spiro atoms. The van der Waals surface area contributed by atoms with Crippen LogP contribution in [0.2, 0.25) is 0 Å². The molecular weight excluding hydrogens is 282 g/mol. The summed E-state index contributed by atoms with van der Waals surface area (Å²) >= 11 is 0. The summed E-state index contributed by atoms with van der Waals surface area (Å²) in [5.74, 6) is 0.830. The molecule has 0 radical (unpaired) electrons. The van der Waals surface area contributed by atoms with Gasteiger partial charge in [0.1, 0.15) is 17.6 Å². The highest BCUT2D eigenvalue weighted by Crippen LogP contribution is 2.16. The van der Waals surface area contributed by atoms with E-state index < -0.39 is 12.2 Å². The summed E-state index contributed by atoms with van der Waals surface area (Å²) in [6, 6.07) is 10.9. The molecule has 2 aromatic rings. The van der Waals surface area contributed by atoms with Crippen molar-refractivity contribution in [3.63, 3.8) is 0 Å². The van der Waals surface area contributed by atoms with Gasteiger partial charge in [0, 0.05) is 0 Å². The molecule has 0 saturated carbocycles. The normalized spacial score (nSPS) is 13.4. The lowest BCUT2D eigenvalue weighted by molar-refractivity contribution is -0.128. The number of aliphatic hydroxyl groups excluding tert-OH is 1. The number of hydrogen-bond donors (Lipinski definition) is 2. The number of ether oxygens (including phenoxy) is 1. The molecular formula is C17H21NO4. The van der Waals surface area contributed by atoms with Crippen molar-refractivity contribution in [3.8, 4) is 5.75 Å². The first-order valence-corrected chi connectivity index (χ1v) is 7.32. The number of rotatable bonds is 7. The highest BCUT2D eigenvalue weighted by atomic mass is 16.5. The van der Waals surface area contributed by atoms with Crippen LogP contribution in [-0.2, 0) is 4.79 Å². The molecule has 0 bridgehead atoms. The van der Waals surface area contributed by atoms with Gasteiger partial charge in [0.15, 0.2) is 6.10 Å². The third-order valence-corrected chi connectivity index (χ3v) is 3.27. The lowest BCUT2D eigenvalue weighted by Crippen LogP contribution is -2.39. The fourth-order valence-electron chi connectivity index (χ4n) is 2.07. The Balaban J connectivity index is 1.89. The third kappa shape index (κ3) is 4.36. The van der Waals surface area contributed by atoms with Crippen molar-refractivity contribution in [1.29, 1.82) is 0 Å². The van der Waals surface area contributed by atoms with Crippen LogP contribution < -0.4 is 10.1 Å². The molecule has 0 aliphatic heterocycles. The molecule has 1 amide bonds. The molecule has 0 aliphatic rings. The fourth-order valence-corrected chi connectivity index (χ4v) is 2.07. The van der Waals surface area contributed by atoms with Crippen LogP contribution in [0.5, 0.6) is 5.75 Å². The average molecular weight is 303 g/mol. The highest BCUT2D eigenvalue weighted by Gasteiger charge is 2.20. The first-order chi connectivity index (χ1) is 10.6. The van der Waals surface area contributed by atoms with Gasteiger partial charge in [0.25, 0.3) is 5.91 Å². The maximum atomic E-state index is 12.2. The van der Waals surface area contributed by atoms with Crippen LogP contribution >= 0.6 is 0 Å². The summed E-state index contributed by atoms with van der Waals surface area (Å²) in [6.07, 6.45) is 0.563. The monoisotopic (exact) mass is 303 g/mol. The van der Waals surface area contributed by atoms with E-state index in [-0.39, 0.29) is 12.5 Å². The van der Waals surface area contributed by atoms with Gasteiger partial charge in [-0.25, -0.2) is 0 Å². The van der Waals surface area contributed by atoms with Gasteiger partial charge in [-0.2, -0.15) is 0 Å². The van der Waals surface area contributed by atoms with E-state index in [4.69, 9.17) is 9.15 Å². The van der Waals surface area contributed by atoms with Crippen LogP contribution in [0.25, 0.3) is 0 Å². The quantitative estimate of drug-likeness (QED) is 0.824. The lowest BCUT2D eigenvalue weighted by atomic mass is 10.2. The van der Waals surface area contributed by atoms with Gasteiger partial charge < -0.3 is 19.6 Å². The summed E-state index contributed by atoms with van der Waals surface area (Å²) in [5.41, 5.74) is 1.07. The molecule has 2 atom stereocenters. The van der Waals surface area contributed by atoms with E-state index in [0.717, 1.165) is 5.56 Å². The highest BCUT2D eigenvalue weighted by molar-refractivity contribution is 5.81. The predicted molar refractivity (Wildman–Crippen MR) is 82.6 cm³/mol. The molecule has 0 fully saturated rings. The lowest BCUT2D eigenvalue weighted by Gasteiger charge is -2.18. The second-order valence-electron chi connectivity index (χ2n) is 5.11. The van der Waals surface area contributed by atoms with Gasteiger partial charge in [0.2, 0.25) is 0 Å². The maximum absolute atomic E-state index is 12.2. The van der Waals surface area contributed by atoms with Crippen molar-refractivity contribution in [2.45, 2.75) is 32.5 Å². The summed E-state index contributed by atoms with van der Waals surface area (Å²) in [4.78, 5) is 12.2.